The molecule has 9 heteroatoms. The van der Waals surface area contributed by atoms with Gasteiger partial charge in [-0.2, -0.15) is 18.4 Å². The Morgan fingerprint density at radius 1 is 1.42 bits per heavy atom. The highest BCUT2D eigenvalue weighted by molar-refractivity contribution is 7.93. The average Bonchev–Trinajstić information content (AvgIpc) is 2.28. The van der Waals surface area contributed by atoms with E-state index in [1.165, 1.54) is 6.07 Å². The summed E-state index contributed by atoms with van der Waals surface area (Å²) in [5.41, 5.74) is -1.46. The molecule has 1 rings (SSSR count). The lowest BCUT2D eigenvalue weighted by atomic mass is 10.2. The predicted octanol–water partition coefficient (Wildman–Crippen LogP) is 3.01. The lowest BCUT2D eigenvalue weighted by Gasteiger charge is -2.13. The number of rotatable bonds is 3. The van der Waals surface area contributed by atoms with Crippen LogP contribution in [0.1, 0.15) is 12.5 Å². The van der Waals surface area contributed by atoms with Crippen molar-refractivity contribution in [2.24, 2.45) is 0 Å². The van der Waals surface area contributed by atoms with Gasteiger partial charge < -0.3 is 0 Å². The molecule has 0 bridgehead atoms. The summed E-state index contributed by atoms with van der Waals surface area (Å²) < 4.78 is 62.7. The third-order valence-electron chi connectivity index (χ3n) is 2.18. The van der Waals surface area contributed by atoms with Crippen molar-refractivity contribution in [1.29, 1.82) is 5.26 Å². The Bertz CT molecular complexity index is 623. The highest BCUT2D eigenvalue weighted by Crippen LogP contribution is 2.36. The fourth-order valence-corrected chi connectivity index (χ4v) is 2.12. The van der Waals surface area contributed by atoms with Gasteiger partial charge in [0.2, 0.25) is 10.0 Å². The van der Waals surface area contributed by atoms with Crippen molar-refractivity contribution >= 4 is 27.3 Å². The second-order valence-electron chi connectivity index (χ2n) is 3.61. The summed E-state index contributed by atoms with van der Waals surface area (Å²) in [5, 5.41) is 6.58. The Labute approximate surface area is 112 Å². The summed E-state index contributed by atoms with van der Waals surface area (Å²) >= 11 is 5.39. The summed E-state index contributed by atoms with van der Waals surface area (Å²) in [7, 11) is -4.06. The first-order valence-electron chi connectivity index (χ1n) is 4.86. The van der Waals surface area contributed by atoms with Gasteiger partial charge >= 0.3 is 6.18 Å². The number of anilines is 1. The van der Waals surface area contributed by atoms with E-state index in [2.05, 4.69) is 0 Å². The van der Waals surface area contributed by atoms with E-state index in [9.17, 15) is 21.6 Å². The van der Waals surface area contributed by atoms with Crippen LogP contribution < -0.4 is 4.72 Å². The van der Waals surface area contributed by atoms with Crippen molar-refractivity contribution in [3.8, 4) is 6.07 Å². The fraction of sp³-hybridized carbons (Fsp3) is 0.300. The predicted molar refractivity (Wildman–Crippen MR) is 64.1 cm³/mol. The third-order valence-corrected chi connectivity index (χ3v) is 4.07. The van der Waals surface area contributed by atoms with Crippen LogP contribution in [0.2, 0.25) is 5.02 Å². The molecule has 0 aliphatic carbocycles. The maximum absolute atomic E-state index is 12.6. The first kappa shape index (κ1) is 15.6. The van der Waals surface area contributed by atoms with Crippen molar-refractivity contribution in [2.45, 2.75) is 18.3 Å². The van der Waals surface area contributed by atoms with Crippen LogP contribution in [0.5, 0.6) is 0 Å². The van der Waals surface area contributed by atoms with E-state index in [1.54, 1.807) is 0 Å². The number of alkyl halides is 3. The smallest absolute Gasteiger partial charge is 0.282 e. The second-order valence-corrected chi connectivity index (χ2v) is 6.02. The Morgan fingerprint density at radius 3 is 2.47 bits per heavy atom. The minimum atomic E-state index is -4.70. The molecule has 0 fully saturated rings. The van der Waals surface area contributed by atoms with Crippen LogP contribution in [0.4, 0.5) is 18.9 Å². The molecule has 4 nitrogen and oxygen atoms in total. The number of nitrogens with one attached hydrogen (secondary N) is 1. The molecule has 1 N–H and O–H groups in total. The largest absolute Gasteiger partial charge is 0.417 e. The molecule has 0 radical (unpaired) electrons. The molecular formula is C10H8ClF3N2O2S. The molecule has 0 saturated carbocycles. The zero-order chi connectivity index (χ0) is 14.8. The Morgan fingerprint density at radius 2 is 2.00 bits per heavy atom. The van der Waals surface area contributed by atoms with Crippen molar-refractivity contribution < 1.29 is 21.6 Å². The van der Waals surface area contributed by atoms with E-state index in [4.69, 9.17) is 16.9 Å². The molecular weight excluding hydrogens is 305 g/mol. The number of sulfonamides is 1. The van der Waals surface area contributed by atoms with E-state index in [-0.39, 0.29) is 5.69 Å². The monoisotopic (exact) mass is 312 g/mol. The second kappa shape index (κ2) is 5.27. The van der Waals surface area contributed by atoms with Gasteiger partial charge in [0.25, 0.3) is 0 Å². The average molecular weight is 313 g/mol. The van der Waals surface area contributed by atoms with E-state index >= 15 is 0 Å². The Kier molecular flexibility index (Phi) is 4.32. The Balaban J connectivity index is 3.16. The van der Waals surface area contributed by atoms with E-state index < -0.39 is 32.0 Å². The van der Waals surface area contributed by atoms with Gasteiger partial charge in [0.05, 0.1) is 16.7 Å². The first-order chi connectivity index (χ1) is 8.58. The van der Waals surface area contributed by atoms with Gasteiger partial charge in [0, 0.05) is 5.69 Å². The number of hydrogen-bond acceptors (Lipinski definition) is 3. The van der Waals surface area contributed by atoms with Crippen molar-refractivity contribution in [2.75, 3.05) is 4.72 Å². The normalized spacial score (nSPS) is 13.7. The molecule has 0 amide bonds. The molecule has 1 aromatic carbocycles. The van der Waals surface area contributed by atoms with E-state index in [0.717, 1.165) is 19.1 Å². The van der Waals surface area contributed by atoms with Crippen LogP contribution in [0.15, 0.2) is 18.2 Å². The van der Waals surface area contributed by atoms with Gasteiger partial charge in [-0.3, -0.25) is 4.72 Å². The number of benzene rings is 1. The Hall–Kier alpha value is -1.46. The van der Waals surface area contributed by atoms with Gasteiger partial charge in [0.15, 0.2) is 5.25 Å². The van der Waals surface area contributed by atoms with Crippen molar-refractivity contribution in [3.05, 3.63) is 28.8 Å². The summed E-state index contributed by atoms with van der Waals surface area (Å²) in [4.78, 5) is 0. The number of hydrogen-bond donors (Lipinski definition) is 1. The zero-order valence-corrected chi connectivity index (χ0v) is 11.1. The van der Waals surface area contributed by atoms with E-state index in [0.29, 0.717) is 6.07 Å². The number of halogens is 4. The van der Waals surface area contributed by atoms with Crippen LogP contribution in [0.3, 0.4) is 0 Å². The SMILES string of the molecule is CC(C#N)S(=O)(=O)Nc1ccc(Cl)c(C(F)(F)F)c1. The maximum Gasteiger partial charge on any atom is 0.417 e. The standard InChI is InChI=1S/C10H8ClF3N2O2S/c1-6(5-15)19(17,18)16-7-2-3-9(11)8(4-7)10(12,13)14/h2-4,6,16H,1H3. The van der Waals surface area contributed by atoms with Gasteiger partial charge in [-0.25, -0.2) is 8.42 Å². The minimum Gasteiger partial charge on any atom is -0.282 e. The van der Waals surface area contributed by atoms with Crippen LogP contribution in [0, 0.1) is 11.3 Å². The van der Waals surface area contributed by atoms with Gasteiger partial charge in [0.1, 0.15) is 0 Å². The van der Waals surface area contributed by atoms with Gasteiger partial charge in [-0.15, -0.1) is 0 Å². The number of nitriles is 1. The van der Waals surface area contributed by atoms with Crippen molar-refractivity contribution in [1.82, 2.24) is 0 Å². The fourth-order valence-electron chi connectivity index (χ4n) is 1.13. The summed E-state index contributed by atoms with van der Waals surface area (Å²) in [6, 6.07) is 4.07. The molecule has 0 saturated heterocycles. The molecule has 1 unspecified atom stereocenters. The first-order valence-corrected chi connectivity index (χ1v) is 6.78. The highest BCUT2D eigenvalue weighted by atomic mass is 35.5. The molecule has 1 atom stereocenters. The summed E-state index contributed by atoms with van der Waals surface area (Å²) in [5.74, 6) is 0. The maximum atomic E-state index is 12.6. The third kappa shape index (κ3) is 3.75. The molecule has 19 heavy (non-hydrogen) atoms. The summed E-state index contributed by atoms with van der Waals surface area (Å²) in [6.45, 7) is 1.11. The van der Waals surface area contributed by atoms with Gasteiger partial charge in [-0.1, -0.05) is 11.6 Å². The highest BCUT2D eigenvalue weighted by Gasteiger charge is 2.33. The topological polar surface area (TPSA) is 70.0 Å². The zero-order valence-electron chi connectivity index (χ0n) is 9.49. The van der Waals surface area contributed by atoms with E-state index in [1.807, 2.05) is 4.72 Å². The molecule has 0 aromatic heterocycles. The summed E-state index contributed by atoms with van der Waals surface area (Å²) in [6.07, 6.45) is -4.70. The van der Waals surface area contributed by atoms with Crippen molar-refractivity contribution in [3.63, 3.8) is 0 Å². The molecule has 104 valence electrons. The number of nitrogens with zero attached hydrogens (tertiary/aromatic N) is 1. The molecule has 0 aliphatic rings. The van der Waals surface area contributed by atoms with Gasteiger partial charge in [-0.05, 0) is 25.1 Å². The molecule has 0 heterocycles. The molecule has 1 aromatic rings. The van der Waals surface area contributed by atoms with Crippen LogP contribution in [-0.2, 0) is 16.2 Å². The van der Waals surface area contributed by atoms with Crippen LogP contribution in [0.25, 0.3) is 0 Å². The molecule has 0 aliphatic heterocycles. The molecule has 0 spiro atoms. The minimum absolute atomic E-state index is 0.307. The quantitative estimate of drug-likeness (QED) is 0.932. The lowest BCUT2D eigenvalue weighted by molar-refractivity contribution is -0.137. The van der Waals surface area contributed by atoms with Crippen LogP contribution in [-0.4, -0.2) is 13.7 Å². The lowest BCUT2D eigenvalue weighted by Crippen LogP contribution is -2.24. The van der Waals surface area contributed by atoms with Crippen LogP contribution >= 0.6 is 11.6 Å².